The van der Waals surface area contributed by atoms with Crippen LogP contribution in [0.25, 0.3) is 11.0 Å². The SMILES string of the molecule is [2H]C1([2H])C(=O)[C@@]([2H])(NC(=O)C2(NC(=O)c3cc4ccccc4o3)CCCCC2)CC[C@@H](C)N1S(=O)(=O)c1ccccn1. The van der Waals surface area contributed by atoms with Gasteiger partial charge in [-0.3, -0.25) is 14.4 Å². The highest BCUT2D eigenvalue weighted by Gasteiger charge is 2.44. The van der Waals surface area contributed by atoms with Gasteiger partial charge in [0.15, 0.2) is 16.6 Å². The molecule has 39 heavy (non-hydrogen) atoms. The molecule has 2 aromatic heterocycles. The van der Waals surface area contributed by atoms with E-state index in [1.54, 1.807) is 30.3 Å². The quantitative estimate of drug-likeness (QED) is 0.476. The summed E-state index contributed by atoms with van der Waals surface area (Å²) in [6.45, 7) is -1.74. The summed E-state index contributed by atoms with van der Waals surface area (Å²) in [5, 5.41) is 5.47. The van der Waals surface area contributed by atoms with Crippen molar-refractivity contribution in [3.05, 3.63) is 60.5 Å². The number of Topliss-reactive ketones (excluding diaryl/α,β-unsaturated/α-hetero) is 1. The summed E-state index contributed by atoms with van der Waals surface area (Å²) in [5.74, 6) is -2.87. The van der Waals surface area contributed by atoms with Crippen LogP contribution in [0.5, 0.6) is 0 Å². The highest BCUT2D eigenvalue weighted by atomic mass is 32.2. The Hall–Kier alpha value is -3.57. The van der Waals surface area contributed by atoms with E-state index in [0.717, 1.165) is 6.42 Å². The first-order valence-electron chi connectivity index (χ1n) is 14.4. The largest absolute Gasteiger partial charge is 0.451 e. The number of aromatic nitrogens is 1. The Morgan fingerprint density at radius 2 is 1.87 bits per heavy atom. The minimum atomic E-state index is -4.58. The predicted molar refractivity (Wildman–Crippen MR) is 143 cm³/mol. The first-order valence-corrected chi connectivity index (χ1v) is 14.4. The zero-order chi connectivity index (χ0) is 30.3. The number of nitrogens with zero attached hydrogens (tertiary/aromatic N) is 2. The normalized spacial score (nSPS) is 26.5. The van der Waals surface area contributed by atoms with E-state index < -0.39 is 56.7 Å². The van der Waals surface area contributed by atoms with Crippen molar-refractivity contribution < 1.29 is 31.3 Å². The van der Waals surface area contributed by atoms with Gasteiger partial charge in [-0.15, -0.1) is 0 Å². The molecule has 11 heteroatoms. The summed E-state index contributed by atoms with van der Waals surface area (Å²) in [7, 11) is -4.58. The molecule has 1 aromatic carbocycles. The van der Waals surface area contributed by atoms with Crippen LogP contribution in [0.3, 0.4) is 0 Å². The standard InChI is InChI=1S/C28H32N4O6S/c1-19-12-13-21(22(33)18-32(19)39(36,37)25-11-5-8-16-29-25)30-27(35)28(14-6-2-7-15-28)31-26(34)24-17-20-9-3-4-10-23(20)38-24/h3-5,8-11,16-17,19,21H,2,6-7,12-15,18H2,1H3,(H,30,35)(H,31,34)/t19-,21+/m1/s1/i18D2,21D. The molecular weight excluding hydrogens is 520 g/mol. The van der Waals surface area contributed by atoms with E-state index >= 15 is 0 Å². The van der Waals surface area contributed by atoms with Crippen molar-refractivity contribution in [1.82, 2.24) is 19.9 Å². The lowest BCUT2D eigenvalue weighted by atomic mass is 9.80. The summed E-state index contributed by atoms with van der Waals surface area (Å²) in [6.07, 6.45) is 3.28. The van der Waals surface area contributed by atoms with Crippen LogP contribution in [0, 0.1) is 0 Å². The molecule has 3 aromatic rings. The fraction of sp³-hybridized carbons (Fsp3) is 0.429. The molecule has 5 rings (SSSR count). The minimum absolute atomic E-state index is 0.000561. The molecule has 1 saturated carbocycles. The van der Waals surface area contributed by atoms with Crippen LogP contribution < -0.4 is 10.6 Å². The number of amides is 2. The number of furan rings is 1. The van der Waals surface area contributed by atoms with Gasteiger partial charge >= 0.3 is 0 Å². The number of para-hydroxylation sites is 1. The molecule has 1 aliphatic heterocycles. The monoisotopic (exact) mass is 555 g/mol. The number of pyridine rings is 1. The van der Waals surface area contributed by atoms with Crippen molar-refractivity contribution in [2.45, 2.75) is 74.5 Å². The second-order valence-corrected chi connectivity index (χ2v) is 11.7. The highest BCUT2D eigenvalue weighted by molar-refractivity contribution is 7.89. The molecule has 2 aliphatic rings. The molecule has 1 saturated heterocycles. The molecule has 2 amide bonds. The lowest BCUT2D eigenvalue weighted by Crippen LogP contribution is -2.62. The maximum atomic E-state index is 13.9. The number of hydrogen-bond donors (Lipinski definition) is 2. The maximum Gasteiger partial charge on any atom is 0.287 e. The molecule has 2 fully saturated rings. The zero-order valence-corrected chi connectivity index (χ0v) is 22.3. The summed E-state index contributed by atoms with van der Waals surface area (Å²) in [6, 6.07) is 9.22. The Bertz CT molecular complexity index is 1590. The van der Waals surface area contributed by atoms with Gasteiger partial charge in [0.25, 0.3) is 15.9 Å². The van der Waals surface area contributed by atoms with Gasteiger partial charge in [-0.2, -0.15) is 4.31 Å². The van der Waals surface area contributed by atoms with E-state index in [2.05, 4.69) is 15.6 Å². The molecule has 1 aliphatic carbocycles. The molecular formula is C28H32N4O6S. The summed E-state index contributed by atoms with van der Waals surface area (Å²) in [5.41, 5.74) is -0.979. The molecule has 2 atom stereocenters. The number of rotatable bonds is 6. The predicted octanol–water partition coefficient (Wildman–Crippen LogP) is 3.19. The Balaban J connectivity index is 1.43. The second kappa shape index (κ2) is 10.9. The Labute approximate surface area is 231 Å². The highest BCUT2D eigenvalue weighted by Crippen LogP contribution is 2.31. The minimum Gasteiger partial charge on any atom is -0.451 e. The average Bonchev–Trinajstić information content (AvgIpc) is 3.39. The molecule has 0 radical (unpaired) electrons. The Morgan fingerprint density at radius 1 is 1.13 bits per heavy atom. The molecule has 206 valence electrons. The third-order valence-corrected chi connectivity index (χ3v) is 9.01. The molecule has 3 heterocycles. The van der Waals surface area contributed by atoms with Gasteiger partial charge in [-0.05, 0) is 56.9 Å². The number of nitrogens with one attached hydrogen (secondary N) is 2. The van der Waals surface area contributed by atoms with Crippen molar-refractivity contribution in [3.8, 4) is 0 Å². The summed E-state index contributed by atoms with van der Waals surface area (Å²) in [4.78, 5) is 44.7. The first kappa shape index (κ1) is 23.3. The fourth-order valence-corrected chi connectivity index (χ4v) is 6.50. The van der Waals surface area contributed by atoms with E-state index in [-0.39, 0.29) is 31.4 Å². The van der Waals surface area contributed by atoms with E-state index in [4.69, 9.17) is 8.53 Å². The van der Waals surface area contributed by atoms with Gasteiger partial charge in [0.1, 0.15) is 11.1 Å². The average molecular weight is 556 g/mol. The summed E-state index contributed by atoms with van der Waals surface area (Å²) >= 11 is 0. The van der Waals surface area contributed by atoms with Gasteiger partial charge in [-0.1, -0.05) is 43.5 Å². The lowest BCUT2D eigenvalue weighted by molar-refractivity contribution is -0.132. The third kappa shape index (κ3) is 5.46. The molecule has 0 bridgehead atoms. The maximum absolute atomic E-state index is 13.9. The van der Waals surface area contributed by atoms with E-state index in [1.807, 2.05) is 0 Å². The second-order valence-electron chi connectivity index (χ2n) is 9.98. The van der Waals surface area contributed by atoms with Crippen molar-refractivity contribution in [2.75, 3.05) is 6.50 Å². The van der Waals surface area contributed by atoms with Crippen LogP contribution >= 0.6 is 0 Å². The van der Waals surface area contributed by atoms with Gasteiger partial charge in [0, 0.05) is 17.6 Å². The zero-order valence-electron chi connectivity index (χ0n) is 24.5. The first-order chi connectivity index (χ1) is 19.8. The van der Waals surface area contributed by atoms with E-state index in [1.165, 1.54) is 31.3 Å². The molecule has 10 nitrogen and oxygen atoms in total. The topological polar surface area (TPSA) is 139 Å². The van der Waals surface area contributed by atoms with Crippen LogP contribution in [0.15, 0.2) is 64.2 Å². The number of benzene rings is 1. The number of carbonyl (C=O) groups excluding carboxylic acids is 3. The number of sulfonamides is 1. The van der Waals surface area contributed by atoms with Gasteiger partial charge in [-0.25, -0.2) is 13.4 Å². The van der Waals surface area contributed by atoms with Crippen molar-refractivity contribution in [1.29, 1.82) is 0 Å². The lowest BCUT2D eigenvalue weighted by Gasteiger charge is -2.37. The Morgan fingerprint density at radius 3 is 2.59 bits per heavy atom. The fourth-order valence-electron chi connectivity index (χ4n) is 5.07. The van der Waals surface area contributed by atoms with Gasteiger partial charge in [0.05, 0.1) is 16.6 Å². The molecule has 0 spiro atoms. The van der Waals surface area contributed by atoms with Crippen LogP contribution in [0.2, 0.25) is 0 Å². The van der Waals surface area contributed by atoms with Crippen molar-refractivity contribution in [2.24, 2.45) is 0 Å². The van der Waals surface area contributed by atoms with Crippen molar-refractivity contribution in [3.63, 3.8) is 0 Å². The van der Waals surface area contributed by atoms with Crippen LogP contribution in [0.4, 0.5) is 0 Å². The van der Waals surface area contributed by atoms with Crippen LogP contribution in [-0.2, 0) is 19.6 Å². The van der Waals surface area contributed by atoms with Gasteiger partial charge < -0.3 is 15.1 Å². The number of carbonyl (C=O) groups is 3. The van der Waals surface area contributed by atoms with E-state index in [0.29, 0.717) is 28.1 Å². The number of fused-ring (bicyclic) bond motifs is 1. The Kier molecular flexibility index (Phi) is 6.52. The van der Waals surface area contributed by atoms with Crippen LogP contribution in [0.1, 0.15) is 66.5 Å². The smallest absolute Gasteiger partial charge is 0.287 e. The number of ketones is 1. The van der Waals surface area contributed by atoms with E-state index in [9.17, 15) is 22.8 Å². The van der Waals surface area contributed by atoms with Crippen LogP contribution in [-0.4, -0.2) is 59.4 Å². The third-order valence-electron chi connectivity index (χ3n) is 7.27. The molecule has 0 unspecified atom stereocenters. The van der Waals surface area contributed by atoms with Crippen molar-refractivity contribution >= 4 is 38.6 Å². The molecule has 2 N–H and O–H groups in total. The number of hydrogen-bond acceptors (Lipinski definition) is 7. The summed E-state index contributed by atoms with van der Waals surface area (Å²) < 4.78 is 59.2. The van der Waals surface area contributed by atoms with Gasteiger partial charge in [0.2, 0.25) is 5.91 Å².